The molecule has 7 aromatic carbocycles. The van der Waals surface area contributed by atoms with Crippen LogP contribution in [0, 0.1) is 88.2 Å². The number of benzene rings is 7. The summed E-state index contributed by atoms with van der Waals surface area (Å²) in [5.41, 5.74) is 18.8. The third kappa shape index (κ3) is 32.2. The molecule has 6 N–H and O–H groups in total. The normalized spacial score (nSPS) is 14.3. The van der Waals surface area contributed by atoms with Crippen molar-refractivity contribution in [2.24, 2.45) is 0 Å². The fourth-order valence-electron chi connectivity index (χ4n) is 12.2. The first-order chi connectivity index (χ1) is 57.8. The van der Waals surface area contributed by atoms with E-state index >= 15 is 0 Å². The SMILES string of the molecule is CCS(C)(=O)=O.CN(c1cc(C2CCC2)ccc1N)S(C)(=O)=O.CN(c1cc(C2CCC2)ccc1N)S(C)(=O)=O.CN(c1cc(C2CCC2)ccc1[N+](=O)[O-])S(C)(=O)=O.CN1Cc2nc(Cl)cc(Cl)c2C1=O.CO.Cc1ccc([N+](=O)[O-])c(F)c1.O=[N+]([O-])c1ccc(C2CCC2)cc1F.O=[N+]([O-])c1ccc(C2CCC2)cc1F.O=[N+]([O-])c1ccc(O)cc1F.[CH3-].[Pd]. The summed E-state index contributed by atoms with van der Waals surface area (Å²) in [4.78, 5) is 65.4. The number of amides is 1. The van der Waals surface area contributed by atoms with E-state index < -0.39 is 111 Å². The summed E-state index contributed by atoms with van der Waals surface area (Å²) < 4.78 is 144. The molecule has 1 aliphatic heterocycles. The number of aryl methyl sites for hydroxylation is 1. The Kier molecular flexibility index (Phi) is 42.8. The van der Waals surface area contributed by atoms with E-state index in [4.69, 9.17) is 44.9 Å². The Balaban J connectivity index is 0.000000368. The summed E-state index contributed by atoms with van der Waals surface area (Å²) in [6.07, 6.45) is 21.7. The zero-order chi connectivity index (χ0) is 93.4. The number of aliphatic hydroxyl groups excluding tert-OH is 1. The minimum atomic E-state index is -3.51. The van der Waals surface area contributed by atoms with Crippen LogP contribution in [0.15, 0.2) is 133 Å². The van der Waals surface area contributed by atoms with E-state index in [0.717, 1.165) is 104 Å². The molecule has 1 amide bonds. The number of aromatic hydroxyl groups is 1. The van der Waals surface area contributed by atoms with Crippen molar-refractivity contribution in [1.29, 1.82) is 0 Å². The summed E-state index contributed by atoms with van der Waals surface area (Å²) in [6, 6.07) is 32.5. The Bertz CT molecular complexity index is 5420. The van der Waals surface area contributed by atoms with Gasteiger partial charge in [0, 0.05) is 104 Å². The quantitative estimate of drug-likeness (QED) is 0.0125. The van der Waals surface area contributed by atoms with Gasteiger partial charge in [-0.2, -0.15) is 17.6 Å². The number of aliphatic hydroxyl groups is 1. The second-order valence-corrected chi connectivity index (χ2v) is 38.9. The van der Waals surface area contributed by atoms with Gasteiger partial charge in [-0.3, -0.25) is 68.3 Å². The number of sulfone groups is 1. The van der Waals surface area contributed by atoms with Crippen molar-refractivity contribution in [2.75, 3.05) is 90.5 Å². The standard InChI is InChI=1S/C12H16N2O4S.2C12H18N2O2S.2C10H10FNO2.C8H6Cl2N2O.C7H6FNO2.C6H4FNO3.C3H8O2S.CH4O.CH3.Pd/c1-13(19(2,17)18)12-8-10(9-4-3-5-9)6-7-11(12)14(15)16;2*1-14(17(2,15)16)12-8-10(6-7-11(12)13)9-4-3-5-9;2*11-9-6-8(7-2-1-3-7)4-5-10(9)12(13)14;1-12-3-5-7(8(12)13)4(9)2-6(10)11-5;1-5-2-3-7(9(10)11)6(8)4-5;7-5-3-4(9)1-2-6(5)8(10)11;1-3-6(2,4)5;1-2;;/h6-9H,3-5H2,1-2H3;2*6-9H,3-5,13H2,1-2H3;2*4-7H,1-3H2;2H,3H2,1H3;2-4H,1H3;1-3,9H;3H2,1-2H3;2H,1H3;1H3;/q;;;;;;;;;;-1;. The molecule has 8 aromatic rings. The second-order valence-electron chi connectivity index (χ2n) is 29.6. The predicted molar refractivity (Wildman–Crippen MR) is 476 cm³/mol. The molecule has 0 unspecified atom stereocenters. The molecule has 0 saturated heterocycles. The Labute approximate surface area is 754 Å². The number of nitrogen functional groups attached to an aromatic ring is 2. The topological polar surface area (TPSA) is 488 Å². The third-order valence-corrected chi connectivity index (χ3v) is 26.1. The van der Waals surface area contributed by atoms with E-state index in [1.165, 1.54) is 153 Å². The van der Waals surface area contributed by atoms with Crippen LogP contribution in [0.2, 0.25) is 10.2 Å². The maximum absolute atomic E-state index is 13.2. The number of pyridine rings is 1. The van der Waals surface area contributed by atoms with Crippen LogP contribution >= 0.6 is 23.2 Å². The van der Waals surface area contributed by atoms with Crippen LogP contribution in [-0.2, 0) is 66.9 Å². The number of anilines is 5. The summed E-state index contributed by atoms with van der Waals surface area (Å²) in [5.74, 6) is -1.08. The van der Waals surface area contributed by atoms with Crippen LogP contribution in [0.5, 0.6) is 5.75 Å². The van der Waals surface area contributed by atoms with Crippen molar-refractivity contribution in [3.05, 3.63) is 270 Å². The van der Waals surface area contributed by atoms with Gasteiger partial charge in [0.05, 0.1) is 89.0 Å². The Morgan fingerprint density at radius 1 is 0.460 bits per heavy atom. The molecule has 6 aliphatic rings. The van der Waals surface area contributed by atoms with Crippen LogP contribution < -0.4 is 24.4 Å². The number of nitro benzene ring substituents is 5. The number of rotatable bonds is 17. The van der Waals surface area contributed by atoms with Crippen molar-refractivity contribution >= 4 is 126 Å². The van der Waals surface area contributed by atoms with Gasteiger partial charge in [-0.1, -0.05) is 98.6 Å². The molecule has 44 heteroatoms. The fraction of sp³-hybridized carbons (Fsp3) is 0.402. The van der Waals surface area contributed by atoms with Gasteiger partial charge in [0.1, 0.15) is 26.4 Å². The number of halogens is 6. The van der Waals surface area contributed by atoms with Crippen LogP contribution in [0.1, 0.15) is 182 Å². The average Bonchev–Trinajstić information content (AvgIpc) is 1.14. The van der Waals surface area contributed by atoms with Crippen molar-refractivity contribution in [1.82, 2.24) is 9.88 Å². The Hall–Kier alpha value is -10.3. The third-order valence-electron chi connectivity index (χ3n) is 20.9. The number of aromatic nitrogens is 1. The number of sulfonamides is 3. The van der Waals surface area contributed by atoms with Crippen LogP contribution in [0.3, 0.4) is 0 Å². The molecular formula is C82H103Cl2F4N12O21PdS4-. The molecule has 5 saturated carbocycles. The molecule has 2 heterocycles. The van der Waals surface area contributed by atoms with Gasteiger partial charge in [-0.05, 0) is 195 Å². The molecule has 694 valence electrons. The number of carbonyl (C=O) groups is 1. The average molecular weight is 1970 g/mol. The van der Waals surface area contributed by atoms with Crippen LogP contribution in [-0.4, -0.2) is 150 Å². The number of nitrogens with two attached hydrogens (primary N) is 2. The number of phenols is 1. The van der Waals surface area contributed by atoms with E-state index in [9.17, 15) is 107 Å². The van der Waals surface area contributed by atoms with E-state index in [2.05, 4.69) is 4.98 Å². The summed E-state index contributed by atoms with van der Waals surface area (Å²) >= 11 is 11.6. The van der Waals surface area contributed by atoms with Gasteiger partial charge in [0.15, 0.2) is 0 Å². The number of hydrogen-bond donors (Lipinski definition) is 4. The summed E-state index contributed by atoms with van der Waals surface area (Å²) in [5, 5.41) is 68.2. The zero-order valence-corrected chi connectivity index (χ0v) is 77.4. The molecule has 33 nitrogen and oxygen atoms in total. The molecule has 5 fully saturated rings. The first kappa shape index (κ1) is 110. The van der Waals surface area contributed by atoms with Gasteiger partial charge in [0.25, 0.3) is 11.6 Å². The second kappa shape index (κ2) is 49.1. The molecule has 1 aromatic heterocycles. The van der Waals surface area contributed by atoms with E-state index in [-0.39, 0.29) is 56.6 Å². The van der Waals surface area contributed by atoms with Crippen LogP contribution in [0.25, 0.3) is 0 Å². The molecule has 0 atom stereocenters. The monoisotopic (exact) mass is 1970 g/mol. The minimum Gasteiger partial charge on any atom is -0.508 e. The number of hydrogen-bond acceptors (Lipinski definition) is 24. The van der Waals surface area contributed by atoms with E-state index in [1.807, 2.05) is 24.3 Å². The predicted octanol–water partition coefficient (Wildman–Crippen LogP) is 17.7. The number of carbonyl (C=O) groups excluding carboxylic acids is 1. The number of phenolic OH excluding ortho intramolecular Hbond substituents is 1. The molecule has 0 bridgehead atoms. The molecule has 14 rings (SSSR count). The van der Waals surface area contributed by atoms with Crippen molar-refractivity contribution in [3.63, 3.8) is 0 Å². The largest absolute Gasteiger partial charge is 0.508 e. The van der Waals surface area contributed by atoms with Crippen molar-refractivity contribution < 1.29 is 111 Å². The number of fused-ring (bicyclic) bond motifs is 1. The van der Waals surface area contributed by atoms with E-state index in [0.29, 0.717) is 91.9 Å². The molecule has 0 radical (unpaired) electrons. The maximum atomic E-state index is 13.2. The van der Waals surface area contributed by atoms with Gasteiger partial charge in [-0.25, -0.2) is 38.7 Å². The summed E-state index contributed by atoms with van der Waals surface area (Å²) in [6.45, 7) is 3.77. The fourth-order valence-corrected chi connectivity index (χ4v) is 14.3. The number of nitrogens with zero attached hydrogens (tertiary/aromatic N) is 10. The molecule has 126 heavy (non-hydrogen) atoms. The van der Waals surface area contributed by atoms with E-state index in [1.54, 1.807) is 62.2 Å². The van der Waals surface area contributed by atoms with Crippen molar-refractivity contribution in [3.8, 4) is 5.75 Å². The Morgan fingerprint density at radius 3 is 1.01 bits per heavy atom. The molecule has 5 aliphatic carbocycles. The summed E-state index contributed by atoms with van der Waals surface area (Å²) in [7, 11) is -5.58. The smallest absolute Gasteiger partial charge is 0.305 e. The Morgan fingerprint density at radius 2 is 0.730 bits per heavy atom. The maximum Gasteiger partial charge on any atom is 0.305 e. The molecule has 0 spiro atoms. The van der Waals surface area contributed by atoms with Crippen molar-refractivity contribution in [2.45, 2.75) is 146 Å². The zero-order valence-electron chi connectivity index (χ0n) is 71.1. The van der Waals surface area contributed by atoms with Gasteiger partial charge in [-0.15, -0.1) is 0 Å². The van der Waals surface area contributed by atoms with Gasteiger partial charge >= 0.3 is 22.7 Å². The first-order valence-corrected chi connectivity index (χ1v) is 46.7. The van der Waals surface area contributed by atoms with Gasteiger partial charge in [0.2, 0.25) is 53.3 Å². The van der Waals surface area contributed by atoms with Gasteiger partial charge < -0.3 is 34.0 Å². The molecular weight excluding hydrogens is 1870 g/mol. The first-order valence-electron chi connectivity index (χ1n) is 38.4. The minimum absolute atomic E-state index is 0. The van der Waals surface area contributed by atoms with Crippen LogP contribution in [0.4, 0.5) is 74.4 Å². The number of nitro groups is 5.